The van der Waals surface area contributed by atoms with Crippen molar-refractivity contribution in [2.75, 3.05) is 39.3 Å². The highest BCUT2D eigenvalue weighted by Crippen LogP contribution is 2.18. The van der Waals surface area contributed by atoms with Gasteiger partial charge >= 0.3 is 12.0 Å². The number of carboxylic acids is 1. The van der Waals surface area contributed by atoms with Crippen molar-refractivity contribution in [2.45, 2.75) is 26.2 Å². The number of likely N-dealkylation sites (tertiary alicyclic amines) is 2. The summed E-state index contributed by atoms with van der Waals surface area (Å²) in [6.45, 7) is 7.39. The normalized spacial score (nSPS) is 21.6. The zero-order chi connectivity index (χ0) is 14.5. The molecule has 2 aliphatic heterocycles. The first-order valence-electron chi connectivity index (χ1n) is 7.51. The van der Waals surface area contributed by atoms with Gasteiger partial charge in [0.15, 0.2) is 0 Å². The first kappa shape index (κ1) is 15.1. The lowest BCUT2D eigenvalue weighted by Gasteiger charge is -2.38. The van der Waals surface area contributed by atoms with Gasteiger partial charge in [-0.1, -0.05) is 6.92 Å². The number of nitrogens with zero attached hydrogens (tertiary/aromatic N) is 2. The minimum Gasteiger partial charge on any atom is -0.481 e. The van der Waals surface area contributed by atoms with Crippen LogP contribution in [0.3, 0.4) is 0 Å². The minimum absolute atomic E-state index is 0.0556. The second-order valence-electron chi connectivity index (χ2n) is 6.17. The SMILES string of the molecule is CC(CNC(=O)N1CC(CC(=O)O)C1)CN1CCCC1. The summed E-state index contributed by atoms with van der Waals surface area (Å²) in [5.74, 6) is -0.206. The Hall–Kier alpha value is -1.30. The topological polar surface area (TPSA) is 72.9 Å². The van der Waals surface area contributed by atoms with E-state index in [0.29, 0.717) is 25.6 Å². The molecule has 1 atom stereocenters. The predicted molar refractivity (Wildman–Crippen MR) is 75.6 cm³/mol. The number of hydrogen-bond acceptors (Lipinski definition) is 3. The van der Waals surface area contributed by atoms with Crippen molar-refractivity contribution in [1.82, 2.24) is 15.1 Å². The molecule has 0 saturated carbocycles. The highest BCUT2D eigenvalue weighted by molar-refractivity contribution is 5.75. The van der Waals surface area contributed by atoms with Crippen molar-refractivity contribution >= 4 is 12.0 Å². The van der Waals surface area contributed by atoms with Crippen LogP contribution in [0.1, 0.15) is 26.2 Å². The van der Waals surface area contributed by atoms with E-state index in [1.165, 1.54) is 25.9 Å². The van der Waals surface area contributed by atoms with Gasteiger partial charge in [0.05, 0.1) is 6.42 Å². The second kappa shape index (κ2) is 6.92. The highest BCUT2D eigenvalue weighted by atomic mass is 16.4. The number of carboxylic acid groups (broad SMARTS) is 1. The van der Waals surface area contributed by atoms with Gasteiger partial charge in [-0.3, -0.25) is 4.79 Å². The van der Waals surface area contributed by atoms with Crippen LogP contribution in [0.2, 0.25) is 0 Å². The van der Waals surface area contributed by atoms with Crippen LogP contribution in [0, 0.1) is 11.8 Å². The molecule has 2 saturated heterocycles. The van der Waals surface area contributed by atoms with Crippen molar-refractivity contribution in [2.24, 2.45) is 11.8 Å². The molecule has 20 heavy (non-hydrogen) atoms. The average molecular weight is 283 g/mol. The molecule has 0 aliphatic carbocycles. The Morgan fingerprint density at radius 3 is 2.55 bits per heavy atom. The lowest BCUT2D eigenvalue weighted by Crippen LogP contribution is -2.54. The van der Waals surface area contributed by atoms with Crippen LogP contribution >= 0.6 is 0 Å². The number of carbonyl (C=O) groups is 2. The monoisotopic (exact) mass is 283 g/mol. The van der Waals surface area contributed by atoms with E-state index in [1.807, 2.05) is 0 Å². The molecule has 2 amide bonds. The molecule has 6 heteroatoms. The minimum atomic E-state index is -0.783. The van der Waals surface area contributed by atoms with Gasteiger partial charge in [-0.2, -0.15) is 0 Å². The predicted octanol–water partition coefficient (Wildman–Crippen LogP) is 0.834. The van der Waals surface area contributed by atoms with E-state index in [0.717, 1.165) is 6.54 Å². The Bertz CT molecular complexity index is 350. The third kappa shape index (κ3) is 4.37. The molecular weight excluding hydrogens is 258 g/mol. The Labute approximate surface area is 120 Å². The molecule has 0 aromatic heterocycles. The van der Waals surface area contributed by atoms with E-state index in [4.69, 9.17) is 5.11 Å². The van der Waals surface area contributed by atoms with E-state index >= 15 is 0 Å². The van der Waals surface area contributed by atoms with Crippen LogP contribution in [-0.2, 0) is 4.79 Å². The number of hydrogen-bond donors (Lipinski definition) is 2. The largest absolute Gasteiger partial charge is 0.481 e. The average Bonchev–Trinajstić information content (AvgIpc) is 2.82. The quantitative estimate of drug-likeness (QED) is 0.757. The van der Waals surface area contributed by atoms with Crippen LogP contribution in [0.5, 0.6) is 0 Å². The molecule has 2 rings (SSSR count). The molecule has 2 aliphatic rings. The molecule has 0 bridgehead atoms. The number of amides is 2. The van der Waals surface area contributed by atoms with Gasteiger partial charge in [-0.15, -0.1) is 0 Å². The zero-order valence-corrected chi connectivity index (χ0v) is 12.2. The zero-order valence-electron chi connectivity index (χ0n) is 12.2. The molecule has 0 aromatic carbocycles. The van der Waals surface area contributed by atoms with Crippen LogP contribution in [0.25, 0.3) is 0 Å². The lowest BCUT2D eigenvalue weighted by molar-refractivity contribution is -0.139. The van der Waals surface area contributed by atoms with E-state index in [1.54, 1.807) is 4.90 Å². The highest BCUT2D eigenvalue weighted by Gasteiger charge is 2.32. The van der Waals surface area contributed by atoms with Crippen molar-refractivity contribution in [3.8, 4) is 0 Å². The van der Waals surface area contributed by atoms with Crippen molar-refractivity contribution in [3.05, 3.63) is 0 Å². The Kier molecular flexibility index (Phi) is 5.23. The van der Waals surface area contributed by atoms with Crippen LogP contribution in [0.4, 0.5) is 4.79 Å². The van der Waals surface area contributed by atoms with E-state index in [2.05, 4.69) is 17.1 Å². The summed E-state index contributed by atoms with van der Waals surface area (Å²) in [4.78, 5) is 26.5. The first-order chi connectivity index (χ1) is 9.54. The molecule has 1 unspecified atom stereocenters. The van der Waals surface area contributed by atoms with Gasteiger partial charge in [0.1, 0.15) is 0 Å². The van der Waals surface area contributed by atoms with Crippen molar-refractivity contribution in [3.63, 3.8) is 0 Å². The summed E-state index contributed by atoms with van der Waals surface area (Å²) in [5, 5.41) is 11.6. The van der Waals surface area contributed by atoms with Gasteiger partial charge in [0.25, 0.3) is 0 Å². The molecule has 0 spiro atoms. The maximum Gasteiger partial charge on any atom is 0.317 e. The maximum atomic E-state index is 11.9. The Balaban J connectivity index is 1.57. The number of carbonyl (C=O) groups excluding carboxylic acids is 1. The van der Waals surface area contributed by atoms with Gasteiger partial charge in [0.2, 0.25) is 0 Å². The molecular formula is C14H25N3O3. The summed E-state index contributed by atoms with van der Waals surface area (Å²) < 4.78 is 0. The third-order valence-corrected chi connectivity index (χ3v) is 4.08. The fraction of sp³-hybridized carbons (Fsp3) is 0.857. The molecule has 114 valence electrons. The standard InChI is InChI=1S/C14H25N3O3/c1-11(8-16-4-2-3-5-16)7-15-14(20)17-9-12(10-17)6-13(18)19/h11-12H,2-10H2,1H3,(H,15,20)(H,18,19). The van der Waals surface area contributed by atoms with Gasteiger partial charge < -0.3 is 20.2 Å². The summed E-state index contributed by atoms with van der Waals surface area (Å²) >= 11 is 0. The Morgan fingerprint density at radius 1 is 1.30 bits per heavy atom. The summed E-state index contributed by atoms with van der Waals surface area (Å²) in [6, 6.07) is -0.0556. The maximum absolute atomic E-state index is 11.9. The number of urea groups is 1. The molecule has 2 heterocycles. The summed E-state index contributed by atoms with van der Waals surface area (Å²) in [6.07, 6.45) is 2.74. The Morgan fingerprint density at radius 2 is 1.95 bits per heavy atom. The van der Waals surface area contributed by atoms with Crippen LogP contribution < -0.4 is 5.32 Å². The number of rotatable bonds is 6. The molecule has 6 nitrogen and oxygen atoms in total. The smallest absolute Gasteiger partial charge is 0.317 e. The van der Waals surface area contributed by atoms with Gasteiger partial charge in [-0.25, -0.2) is 4.79 Å². The van der Waals surface area contributed by atoms with Crippen LogP contribution in [-0.4, -0.2) is 66.2 Å². The molecule has 2 N–H and O–H groups in total. The van der Waals surface area contributed by atoms with E-state index < -0.39 is 5.97 Å². The third-order valence-electron chi connectivity index (χ3n) is 4.08. The fourth-order valence-corrected chi connectivity index (χ4v) is 2.96. The van der Waals surface area contributed by atoms with Crippen molar-refractivity contribution < 1.29 is 14.7 Å². The van der Waals surface area contributed by atoms with Gasteiger partial charge in [-0.05, 0) is 31.8 Å². The molecule has 2 fully saturated rings. The summed E-state index contributed by atoms with van der Waals surface area (Å²) in [7, 11) is 0. The van der Waals surface area contributed by atoms with Crippen LogP contribution in [0.15, 0.2) is 0 Å². The lowest BCUT2D eigenvalue weighted by atomic mass is 9.97. The fourth-order valence-electron chi connectivity index (χ4n) is 2.96. The number of aliphatic carboxylic acids is 1. The second-order valence-corrected chi connectivity index (χ2v) is 6.17. The van der Waals surface area contributed by atoms with Gasteiger partial charge in [0, 0.05) is 32.1 Å². The molecule has 0 radical (unpaired) electrons. The van der Waals surface area contributed by atoms with Crippen molar-refractivity contribution in [1.29, 1.82) is 0 Å². The summed E-state index contributed by atoms with van der Waals surface area (Å²) in [5.41, 5.74) is 0. The molecule has 0 aromatic rings. The number of nitrogens with one attached hydrogen (secondary N) is 1. The van der Waals surface area contributed by atoms with E-state index in [-0.39, 0.29) is 18.4 Å². The van der Waals surface area contributed by atoms with E-state index in [9.17, 15) is 9.59 Å². The first-order valence-corrected chi connectivity index (χ1v) is 7.51.